The normalized spacial score (nSPS) is 11.8. The summed E-state index contributed by atoms with van der Waals surface area (Å²) in [5, 5.41) is 12.1. The first-order chi connectivity index (χ1) is 10.3. The highest BCUT2D eigenvalue weighted by atomic mass is 16.7. The molecule has 1 aliphatic rings. The van der Waals surface area contributed by atoms with Crippen LogP contribution in [0.5, 0.6) is 17.2 Å². The average molecular weight is 282 g/mol. The highest BCUT2D eigenvalue weighted by Crippen LogP contribution is 2.41. The van der Waals surface area contributed by atoms with Gasteiger partial charge in [-0.05, 0) is 42.0 Å². The van der Waals surface area contributed by atoms with Crippen LogP contribution in [-0.2, 0) is 6.54 Å². The second kappa shape index (κ2) is 5.63. The van der Waals surface area contributed by atoms with Gasteiger partial charge in [0.15, 0.2) is 11.5 Å². The van der Waals surface area contributed by atoms with Crippen molar-refractivity contribution in [2.75, 3.05) is 19.2 Å². The molecule has 2 aromatic rings. The van der Waals surface area contributed by atoms with Crippen molar-refractivity contribution in [1.82, 2.24) is 0 Å². The zero-order chi connectivity index (χ0) is 14.7. The van der Waals surface area contributed by atoms with E-state index in [1.807, 2.05) is 24.3 Å². The maximum Gasteiger partial charge on any atom is 0.231 e. The fourth-order valence-corrected chi connectivity index (χ4v) is 2.15. The van der Waals surface area contributed by atoms with Gasteiger partial charge in [0, 0.05) is 12.2 Å². The van der Waals surface area contributed by atoms with Crippen LogP contribution in [-0.4, -0.2) is 13.9 Å². The van der Waals surface area contributed by atoms with Crippen molar-refractivity contribution >= 4 is 5.69 Å². The Labute approximate surface area is 122 Å². The number of nitrogens with one attached hydrogen (secondary N) is 1. The smallest absolute Gasteiger partial charge is 0.231 e. The summed E-state index contributed by atoms with van der Waals surface area (Å²) in [6.45, 7) is 0.844. The Balaban J connectivity index is 1.74. The zero-order valence-electron chi connectivity index (χ0n) is 11.6. The van der Waals surface area contributed by atoms with Crippen LogP contribution in [0.25, 0.3) is 0 Å². The number of ether oxygens (including phenoxy) is 3. The number of hydrogen-bond donors (Lipinski definition) is 1. The Bertz CT molecular complexity index is 690. The highest BCUT2D eigenvalue weighted by molar-refractivity contribution is 5.56. The quantitative estimate of drug-likeness (QED) is 0.934. The molecule has 0 saturated heterocycles. The van der Waals surface area contributed by atoms with Crippen molar-refractivity contribution in [2.45, 2.75) is 6.54 Å². The third-order valence-corrected chi connectivity index (χ3v) is 3.23. The Morgan fingerprint density at radius 2 is 2.05 bits per heavy atom. The molecule has 0 bridgehead atoms. The van der Waals surface area contributed by atoms with Crippen molar-refractivity contribution < 1.29 is 14.2 Å². The monoisotopic (exact) mass is 282 g/mol. The lowest BCUT2D eigenvalue weighted by atomic mass is 10.1. The lowest BCUT2D eigenvalue weighted by molar-refractivity contribution is 0.171. The van der Waals surface area contributed by atoms with Crippen LogP contribution in [0.15, 0.2) is 36.4 Å². The minimum atomic E-state index is 0.220. The summed E-state index contributed by atoms with van der Waals surface area (Å²) < 4.78 is 16.1. The minimum absolute atomic E-state index is 0.220. The minimum Gasteiger partial charge on any atom is -0.493 e. The Morgan fingerprint density at radius 1 is 1.24 bits per heavy atom. The van der Waals surface area contributed by atoms with E-state index in [9.17, 15) is 0 Å². The fourth-order valence-electron chi connectivity index (χ4n) is 2.15. The van der Waals surface area contributed by atoms with E-state index in [0.29, 0.717) is 29.4 Å². The largest absolute Gasteiger partial charge is 0.493 e. The van der Waals surface area contributed by atoms with Crippen molar-refractivity contribution in [1.29, 1.82) is 5.26 Å². The number of benzene rings is 2. The van der Waals surface area contributed by atoms with E-state index in [0.717, 1.165) is 11.3 Å². The maximum atomic E-state index is 8.77. The summed E-state index contributed by atoms with van der Waals surface area (Å²) in [6.07, 6.45) is 0. The highest BCUT2D eigenvalue weighted by Gasteiger charge is 2.19. The van der Waals surface area contributed by atoms with Gasteiger partial charge in [-0.2, -0.15) is 5.26 Å². The van der Waals surface area contributed by atoms with Gasteiger partial charge in [0.1, 0.15) is 0 Å². The van der Waals surface area contributed by atoms with E-state index < -0.39 is 0 Å². The SMILES string of the molecule is COc1cc(CNc2ccc(C#N)cc2)cc2c1OCO2. The summed E-state index contributed by atoms with van der Waals surface area (Å²) >= 11 is 0. The van der Waals surface area contributed by atoms with Crippen LogP contribution < -0.4 is 19.5 Å². The Kier molecular flexibility index (Phi) is 3.52. The molecular weight excluding hydrogens is 268 g/mol. The lowest BCUT2D eigenvalue weighted by Gasteiger charge is -2.10. The molecule has 0 saturated carbocycles. The summed E-state index contributed by atoms with van der Waals surface area (Å²) in [5.41, 5.74) is 2.62. The first-order valence-corrected chi connectivity index (χ1v) is 6.50. The van der Waals surface area contributed by atoms with Gasteiger partial charge in [-0.15, -0.1) is 0 Å². The molecule has 21 heavy (non-hydrogen) atoms. The molecule has 3 rings (SSSR count). The molecule has 5 nitrogen and oxygen atoms in total. The predicted octanol–water partition coefficient (Wildman–Crippen LogP) is 2.91. The molecule has 0 atom stereocenters. The molecule has 1 aliphatic heterocycles. The number of rotatable bonds is 4. The zero-order valence-corrected chi connectivity index (χ0v) is 11.6. The van der Waals surface area contributed by atoms with Crippen molar-refractivity contribution in [3.8, 4) is 23.3 Å². The van der Waals surface area contributed by atoms with Crippen LogP contribution in [0.2, 0.25) is 0 Å². The van der Waals surface area contributed by atoms with Crippen molar-refractivity contribution in [3.63, 3.8) is 0 Å². The molecule has 0 amide bonds. The molecule has 2 aromatic carbocycles. The van der Waals surface area contributed by atoms with Crippen LogP contribution in [0.3, 0.4) is 0 Å². The Morgan fingerprint density at radius 3 is 2.76 bits per heavy atom. The molecule has 1 heterocycles. The topological polar surface area (TPSA) is 63.5 Å². The molecule has 0 unspecified atom stereocenters. The van der Waals surface area contributed by atoms with E-state index in [2.05, 4.69) is 11.4 Å². The van der Waals surface area contributed by atoms with Gasteiger partial charge in [0.2, 0.25) is 12.5 Å². The van der Waals surface area contributed by atoms with Crippen LogP contribution in [0, 0.1) is 11.3 Å². The van der Waals surface area contributed by atoms with Crippen molar-refractivity contribution in [2.24, 2.45) is 0 Å². The molecule has 5 heteroatoms. The molecule has 1 N–H and O–H groups in total. The molecule has 0 aromatic heterocycles. The Hall–Kier alpha value is -2.87. The number of fused-ring (bicyclic) bond motifs is 1. The third kappa shape index (κ3) is 2.70. The summed E-state index contributed by atoms with van der Waals surface area (Å²) in [5.74, 6) is 2.02. The third-order valence-electron chi connectivity index (χ3n) is 3.23. The van der Waals surface area contributed by atoms with Gasteiger partial charge in [-0.25, -0.2) is 0 Å². The van der Waals surface area contributed by atoms with Gasteiger partial charge in [0.25, 0.3) is 0 Å². The summed E-state index contributed by atoms with van der Waals surface area (Å²) in [7, 11) is 1.61. The number of anilines is 1. The molecule has 0 spiro atoms. The van der Waals surface area contributed by atoms with Crippen LogP contribution in [0.4, 0.5) is 5.69 Å². The van der Waals surface area contributed by atoms with Crippen molar-refractivity contribution in [3.05, 3.63) is 47.5 Å². The summed E-state index contributed by atoms with van der Waals surface area (Å²) in [4.78, 5) is 0. The second-order valence-electron chi connectivity index (χ2n) is 4.57. The molecular formula is C16H14N2O3. The van der Waals surface area contributed by atoms with E-state index in [-0.39, 0.29) is 6.79 Å². The average Bonchev–Trinajstić information content (AvgIpc) is 3.01. The lowest BCUT2D eigenvalue weighted by Crippen LogP contribution is -2.00. The van der Waals surface area contributed by atoms with E-state index in [1.54, 1.807) is 19.2 Å². The van der Waals surface area contributed by atoms with Gasteiger partial charge >= 0.3 is 0 Å². The van der Waals surface area contributed by atoms with E-state index >= 15 is 0 Å². The van der Waals surface area contributed by atoms with Gasteiger partial charge < -0.3 is 19.5 Å². The number of nitriles is 1. The predicted molar refractivity (Wildman–Crippen MR) is 77.6 cm³/mol. The molecule has 0 aliphatic carbocycles. The molecule has 0 fully saturated rings. The first kappa shape index (κ1) is 13.1. The van der Waals surface area contributed by atoms with Crippen LogP contribution >= 0.6 is 0 Å². The molecule has 0 radical (unpaired) electrons. The number of hydrogen-bond acceptors (Lipinski definition) is 5. The van der Waals surface area contributed by atoms with Gasteiger partial charge in [0.05, 0.1) is 18.7 Å². The van der Waals surface area contributed by atoms with Crippen LogP contribution in [0.1, 0.15) is 11.1 Å². The molecule has 106 valence electrons. The second-order valence-corrected chi connectivity index (χ2v) is 4.57. The number of methoxy groups -OCH3 is 1. The number of nitrogens with zero attached hydrogens (tertiary/aromatic N) is 1. The van der Waals surface area contributed by atoms with Gasteiger partial charge in [-0.1, -0.05) is 0 Å². The fraction of sp³-hybridized carbons (Fsp3) is 0.188. The van der Waals surface area contributed by atoms with E-state index in [1.165, 1.54) is 0 Å². The maximum absolute atomic E-state index is 8.77. The summed E-state index contributed by atoms with van der Waals surface area (Å²) in [6, 6.07) is 13.3. The van der Waals surface area contributed by atoms with E-state index in [4.69, 9.17) is 19.5 Å². The standard InChI is InChI=1S/C16H14N2O3/c1-19-14-6-12(7-15-16(14)21-10-20-15)9-18-13-4-2-11(8-17)3-5-13/h2-7,18H,9-10H2,1H3. The van der Waals surface area contributed by atoms with Gasteiger partial charge in [-0.3, -0.25) is 0 Å². The first-order valence-electron chi connectivity index (χ1n) is 6.50.